The van der Waals surface area contributed by atoms with Crippen LogP contribution in [0.25, 0.3) is 0 Å². The molecule has 25 heavy (non-hydrogen) atoms. The van der Waals surface area contributed by atoms with E-state index >= 15 is 0 Å². The van der Waals surface area contributed by atoms with Crippen LogP contribution in [0.2, 0.25) is 0 Å². The summed E-state index contributed by atoms with van der Waals surface area (Å²) in [5.41, 5.74) is 0.385. The second-order valence-electron chi connectivity index (χ2n) is 5.29. The Bertz CT molecular complexity index is 765. The molecule has 1 N–H and O–H groups in total. The first-order chi connectivity index (χ1) is 11.8. The molecule has 8 nitrogen and oxygen atoms in total. The number of carbonyl (C=O) groups excluding carboxylic acids is 2. The number of sulfonamides is 1. The number of thioether (sulfide) groups is 1. The maximum Gasteiger partial charge on any atom is 0.320 e. The van der Waals surface area contributed by atoms with Crippen molar-refractivity contribution >= 4 is 39.3 Å². The molecule has 2 rings (SSSR count). The van der Waals surface area contributed by atoms with E-state index in [1.165, 1.54) is 55.4 Å². The van der Waals surface area contributed by atoms with E-state index in [-0.39, 0.29) is 23.1 Å². The monoisotopic (exact) mass is 388 g/mol. The Labute approximate surface area is 150 Å². The zero-order chi connectivity index (χ0) is 18.6. The summed E-state index contributed by atoms with van der Waals surface area (Å²) >= 11 is 1.38. The summed E-state index contributed by atoms with van der Waals surface area (Å²) in [6, 6.07) is 4.23. The van der Waals surface area contributed by atoms with Crippen LogP contribution < -0.4 is 10.1 Å². The average Bonchev–Trinajstić information content (AvgIpc) is 2.60. The Morgan fingerprint density at radius 3 is 2.64 bits per heavy atom. The molecule has 0 aliphatic carbocycles. The number of rotatable bonds is 5. The van der Waals surface area contributed by atoms with Gasteiger partial charge in [-0.1, -0.05) is 0 Å². The summed E-state index contributed by atoms with van der Waals surface area (Å²) in [7, 11) is -1.12. The van der Waals surface area contributed by atoms with Crippen LogP contribution in [0, 0.1) is 0 Å². The van der Waals surface area contributed by atoms with Crippen LogP contribution in [0.3, 0.4) is 0 Å². The van der Waals surface area contributed by atoms with Crippen molar-refractivity contribution in [2.45, 2.75) is 17.1 Å². The van der Waals surface area contributed by atoms with Gasteiger partial charge in [-0.05, 0) is 12.1 Å². The maximum atomic E-state index is 12.9. The van der Waals surface area contributed by atoms with Crippen LogP contribution >= 0.6 is 11.8 Å². The molecule has 0 saturated carbocycles. The highest BCUT2D eigenvalue weighted by Gasteiger charge is 2.34. The molecule has 0 radical (unpaired) electrons. The minimum absolute atomic E-state index is 0.0361. The molecule has 1 heterocycles. The Balaban J connectivity index is 2.29. The van der Waals surface area contributed by atoms with Crippen molar-refractivity contribution in [3.8, 4) is 5.75 Å². The summed E-state index contributed by atoms with van der Waals surface area (Å²) in [6.07, 6.45) is 0. The third-order valence-corrected chi connectivity index (χ3v) is 6.64. The van der Waals surface area contributed by atoms with Crippen LogP contribution in [0.5, 0.6) is 5.75 Å². The van der Waals surface area contributed by atoms with E-state index in [9.17, 15) is 18.0 Å². The van der Waals surface area contributed by atoms with Gasteiger partial charge in [0.1, 0.15) is 11.0 Å². The number of benzene rings is 1. The number of methoxy groups -OCH3 is 2. The van der Waals surface area contributed by atoms with Gasteiger partial charge in [-0.25, -0.2) is 8.42 Å². The average molecular weight is 388 g/mol. The highest BCUT2D eigenvalue weighted by Crippen LogP contribution is 2.31. The van der Waals surface area contributed by atoms with Crippen molar-refractivity contribution in [3.05, 3.63) is 18.2 Å². The SMILES string of the molecule is COC(=O)[C@H]1CN(S(=O)(=O)c2ccc(NC(C)=O)c(OC)c2)CCS1. The van der Waals surface area contributed by atoms with Crippen molar-refractivity contribution in [3.63, 3.8) is 0 Å². The van der Waals surface area contributed by atoms with E-state index < -0.39 is 21.2 Å². The first-order valence-corrected chi connectivity index (χ1v) is 9.93. The molecule has 10 heteroatoms. The first kappa shape index (κ1) is 19.5. The Hall–Kier alpha value is -1.78. The lowest BCUT2D eigenvalue weighted by molar-refractivity contribution is -0.140. The van der Waals surface area contributed by atoms with E-state index in [2.05, 4.69) is 5.32 Å². The van der Waals surface area contributed by atoms with Crippen LogP contribution in [0.4, 0.5) is 5.69 Å². The molecule has 1 fully saturated rings. The molecule has 1 aromatic rings. The van der Waals surface area contributed by atoms with Crippen molar-refractivity contribution in [2.75, 3.05) is 38.4 Å². The smallest absolute Gasteiger partial charge is 0.320 e. The second-order valence-corrected chi connectivity index (χ2v) is 8.54. The molecule has 1 aromatic carbocycles. The lowest BCUT2D eigenvalue weighted by atomic mass is 10.3. The number of carbonyl (C=O) groups is 2. The summed E-state index contributed by atoms with van der Waals surface area (Å²) in [4.78, 5) is 22.9. The summed E-state index contributed by atoms with van der Waals surface area (Å²) < 4.78 is 36.9. The zero-order valence-corrected chi connectivity index (χ0v) is 15.8. The minimum Gasteiger partial charge on any atom is -0.495 e. The largest absolute Gasteiger partial charge is 0.495 e. The highest BCUT2D eigenvalue weighted by atomic mass is 32.2. The molecule has 0 aromatic heterocycles. The number of hydrogen-bond donors (Lipinski definition) is 1. The molecular formula is C15H20N2O6S2. The molecule has 1 atom stereocenters. The molecule has 1 aliphatic heterocycles. The molecule has 0 spiro atoms. The molecule has 1 aliphatic rings. The number of nitrogens with zero attached hydrogens (tertiary/aromatic N) is 1. The van der Waals surface area contributed by atoms with Gasteiger partial charge in [0.25, 0.3) is 0 Å². The maximum absolute atomic E-state index is 12.9. The van der Waals surface area contributed by atoms with Gasteiger partial charge in [-0.15, -0.1) is 11.8 Å². The van der Waals surface area contributed by atoms with Gasteiger partial charge in [0.2, 0.25) is 15.9 Å². The third-order valence-electron chi connectivity index (χ3n) is 3.61. The van der Waals surface area contributed by atoms with Gasteiger partial charge in [-0.3, -0.25) is 9.59 Å². The van der Waals surface area contributed by atoms with E-state index in [1.807, 2.05) is 0 Å². The zero-order valence-electron chi connectivity index (χ0n) is 14.1. The normalized spacial score (nSPS) is 18.4. The van der Waals surface area contributed by atoms with Gasteiger partial charge < -0.3 is 14.8 Å². The quantitative estimate of drug-likeness (QED) is 0.749. The number of esters is 1. The topological polar surface area (TPSA) is 102 Å². The van der Waals surface area contributed by atoms with E-state index in [0.717, 1.165) is 0 Å². The molecule has 0 unspecified atom stereocenters. The molecular weight excluding hydrogens is 368 g/mol. The van der Waals surface area contributed by atoms with Gasteiger partial charge in [-0.2, -0.15) is 4.31 Å². The first-order valence-electron chi connectivity index (χ1n) is 7.44. The molecule has 138 valence electrons. The Morgan fingerprint density at radius 2 is 2.04 bits per heavy atom. The van der Waals surface area contributed by atoms with Crippen molar-refractivity contribution in [2.24, 2.45) is 0 Å². The second kappa shape index (κ2) is 8.07. The summed E-state index contributed by atoms with van der Waals surface area (Å²) in [5.74, 6) is 0.0126. The number of nitrogens with one attached hydrogen (secondary N) is 1. The summed E-state index contributed by atoms with van der Waals surface area (Å²) in [6.45, 7) is 1.70. The van der Waals surface area contributed by atoms with Gasteiger partial charge in [0.05, 0.1) is 24.8 Å². The number of hydrogen-bond acceptors (Lipinski definition) is 7. The minimum atomic E-state index is -3.79. The highest BCUT2D eigenvalue weighted by molar-refractivity contribution is 8.00. The van der Waals surface area contributed by atoms with Crippen LogP contribution in [-0.2, 0) is 24.3 Å². The van der Waals surface area contributed by atoms with Crippen molar-refractivity contribution in [1.29, 1.82) is 0 Å². The van der Waals surface area contributed by atoms with E-state index in [1.54, 1.807) is 0 Å². The fraction of sp³-hybridized carbons (Fsp3) is 0.467. The predicted molar refractivity (Wildman–Crippen MR) is 94.3 cm³/mol. The van der Waals surface area contributed by atoms with E-state index in [0.29, 0.717) is 18.0 Å². The summed E-state index contributed by atoms with van der Waals surface area (Å²) in [5, 5.41) is 2.03. The Kier molecular flexibility index (Phi) is 6.31. The number of anilines is 1. The predicted octanol–water partition coefficient (Wildman–Crippen LogP) is 0.933. The standard InChI is InChI=1S/C15H20N2O6S2/c1-10(18)16-12-5-4-11(8-13(12)22-2)25(20,21)17-6-7-24-14(9-17)15(19)23-3/h4-5,8,14H,6-7,9H2,1-3H3,(H,16,18)/t14-/m1/s1. The molecule has 0 bridgehead atoms. The van der Waals surface area contributed by atoms with Crippen molar-refractivity contribution in [1.82, 2.24) is 4.31 Å². The van der Waals surface area contributed by atoms with Crippen LogP contribution in [-0.4, -0.2) is 62.9 Å². The van der Waals surface area contributed by atoms with Gasteiger partial charge in [0, 0.05) is 31.8 Å². The molecule has 1 saturated heterocycles. The fourth-order valence-corrected chi connectivity index (χ4v) is 5.20. The van der Waals surface area contributed by atoms with Gasteiger partial charge in [0.15, 0.2) is 0 Å². The van der Waals surface area contributed by atoms with E-state index in [4.69, 9.17) is 9.47 Å². The van der Waals surface area contributed by atoms with Crippen LogP contribution in [0.15, 0.2) is 23.1 Å². The lowest BCUT2D eigenvalue weighted by Gasteiger charge is -2.30. The van der Waals surface area contributed by atoms with Crippen molar-refractivity contribution < 1.29 is 27.5 Å². The lowest BCUT2D eigenvalue weighted by Crippen LogP contribution is -2.44. The molecule has 1 amide bonds. The van der Waals surface area contributed by atoms with Crippen LogP contribution in [0.1, 0.15) is 6.92 Å². The number of amides is 1. The Morgan fingerprint density at radius 1 is 1.32 bits per heavy atom. The third kappa shape index (κ3) is 4.44. The fourth-order valence-electron chi connectivity index (χ4n) is 2.39. The van der Waals surface area contributed by atoms with Gasteiger partial charge >= 0.3 is 5.97 Å². The number of ether oxygens (including phenoxy) is 2.